The molecule has 0 aromatic carbocycles. The highest BCUT2D eigenvalue weighted by Crippen LogP contribution is 2.77. The number of carboxylic acid groups (broad SMARTS) is 1. The van der Waals surface area contributed by atoms with Crippen LogP contribution in [0.4, 0.5) is 0 Å². The average molecular weight is 913 g/mol. The molecule has 8 rings (SSSR count). The normalized spacial score (nSPS) is 56.3. The van der Waals surface area contributed by atoms with Crippen molar-refractivity contribution in [3.05, 3.63) is 12.2 Å². The zero-order chi connectivity index (χ0) is 46.6. The van der Waals surface area contributed by atoms with E-state index in [2.05, 4.69) is 41.2 Å². The third-order valence-corrected chi connectivity index (χ3v) is 19.5. The summed E-state index contributed by atoms with van der Waals surface area (Å²) in [6.45, 7) is 16.0. The van der Waals surface area contributed by atoms with E-state index in [9.17, 15) is 55.9 Å². The Hall–Kier alpha value is -1.39. The van der Waals surface area contributed by atoms with Gasteiger partial charge >= 0.3 is 5.97 Å². The first-order valence-corrected chi connectivity index (χ1v) is 23.8. The largest absolute Gasteiger partial charge is 0.481 e. The molecule has 3 aliphatic heterocycles. The summed E-state index contributed by atoms with van der Waals surface area (Å²) in [6, 6.07) is 0. The molecule has 17 heteroatoms. The van der Waals surface area contributed by atoms with E-state index in [1.54, 1.807) is 0 Å². The minimum atomic E-state index is -1.78. The Labute approximate surface area is 376 Å². The van der Waals surface area contributed by atoms with Gasteiger partial charge in [-0.25, -0.2) is 0 Å². The second kappa shape index (κ2) is 17.5. The topological polar surface area (TPSA) is 275 Å². The highest BCUT2D eigenvalue weighted by molar-refractivity contribution is 5.76. The van der Waals surface area contributed by atoms with Gasteiger partial charge in [0.25, 0.3) is 0 Å². The maximum Gasteiger partial charge on any atom is 0.309 e. The minimum absolute atomic E-state index is 0.0528. The van der Waals surface area contributed by atoms with Crippen LogP contribution in [0.25, 0.3) is 0 Å². The van der Waals surface area contributed by atoms with Crippen LogP contribution in [0.15, 0.2) is 12.2 Å². The Morgan fingerprint density at radius 1 is 0.688 bits per heavy atom. The molecule has 0 bridgehead atoms. The summed E-state index contributed by atoms with van der Waals surface area (Å²) in [7, 11) is 0. The molecule has 0 radical (unpaired) electrons. The summed E-state index contributed by atoms with van der Waals surface area (Å²) in [4.78, 5) is 13.1. The third-order valence-electron chi connectivity index (χ3n) is 19.5. The van der Waals surface area contributed by atoms with E-state index in [-0.39, 0.29) is 53.1 Å². The Balaban J connectivity index is 0.958. The number of aliphatic carboxylic acids is 1. The van der Waals surface area contributed by atoms with Crippen LogP contribution in [0.5, 0.6) is 0 Å². The number of carbonyl (C=O) groups is 1. The predicted octanol–water partition coefficient (Wildman–Crippen LogP) is 1.20. The van der Waals surface area contributed by atoms with Gasteiger partial charge in [-0.2, -0.15) is 0 Å². The minimum Gasteiger partial charge on any atom is -0.481 e. The van der Waals surface area contributed by atoms with Crippen LogP contribution in [0.3, 0.4) is 0 Å². The van der Waals surface area contributed by atoms with Crippen LogP contribution in [0, 0.1) is 56.7 Å². The van der Waals surface area contributed by atoms with Gasteiger partial charge in [-0.3, -0.25) is 4.79 Å². The summed E-state index contributed by atoms with van der Waals surface area (Å²) in [6.07, 6.45) is -13.7. The molecule has 4 unspecified atom stereocenters. The summed E-state index contributed by atoms with van der Waals surface area (Å²) in [5.41, 5.74) is -0.619. The van der Waals surface area contributed by atoms with Gasteiger partial charge in [-0.15, -0.1) is 0 Å². The number of carboxylic acids is 1. The highest BCUT2D eigenvalue weighted by Gasteiger charge is 2.72. The van der Waals surface area contributed by atoms with Crippen molar-refractivity contribution < 1.29 is 84.3 Å². The number of allylic oxidation sites excluding steroid dienone is 1. The summed E-state index contributed by atoms with van der Waals surface area (Å²) < 4.78 is 35.8. The number of rotatable bonds is 10. The Morgan fingerprint density at radius 2 is 1.39 bits per heavy atom. The van der Waals surface area contributed by atoms with Crippen LogP contribution in [-0.2, 0) is 33.2 Å². The molecule has 10 N–H and O–H groups in total. The van der Waals surface area contributed by atoms with Crippen molar-refractivity contribution in [3.63, 3.8) is 0 Å². The smallest absolute Gasteiger partial charge is 0.309 e. The van der Waals surface area contributed by atoms with E-state index < -0.39 is 116 Å². The lowest BCUT2D eigenvalue weighted by Crippen LogP contribution is -2.68. The lowest BCUT2D eigenvalue weighted by atomic mass is 9.32. The van der Waals surface area contributed by atoms with Gasteiger partial charge in [0.2, 0.25) is 0 Å². The zero-order valence-electron chi connectivity index (χ0n) is 38.3. The Morgan fingerprint density at radius 3 is 2.05 bits per heavy atom. The summed E-state index contributed by atoms with van der Waals surface area (Å²) >= 11 is 0. The van der Waals surface area contributed by atoms with Gasteiger partial charge in [0, 0.05) is 5.41 Å². The number of ether oxygens (including phenoxy) is 6. The lowest BCUT2D eigenvalue weighted by Gasteiger charge is -2.73. The number of hydrogen-bond acceptors (Lipinski definition) is 16. The lowest BCUT2D eigenvalue weighted by molar-refractivity contribution is -0.382. The van der Waals surface area contributed by atoms with Crippen LogP contribution >= 0.6 is 0 Å². The first-order chi connectivity index (χ1) is 30.0. The van der Waals surface area contributed by atoms with Crippen LogP contribution in [0.1, 0.15) is 106 Å². The maximum atomic E-state index is 13.1. The molecule has 0 amide bonds. The molecule has 25 atom stereocenters. The van der Waals surface area contributed by atoms with E-state index in [0.717, 1.165) is 50.5 Å². The van der Waals surface area contributed by atoms with E-state index in [1.165, 1.54) is 6.92 Å². The fourth-order valence-corrected chi connectivity index (χ4v) is 15.7. The molecular formula is C47H76O17. The predicted molar refractivity (Wildman–Crippen MR) is 225 cm³/mol. The molecule has 0 aromatic rings. The average Bonchev–Trinajstić information content (AvgIpc) is 3.67. The molecule has 0 spiro atoms. The van der Waals surface area contributed by atoms with Crippen molar-refractivity contribution >= 4 is 5.97 Å². The van der Waals surface area contributed by atoms with Crippen molar-refractivity contribution in [2.45, 2.75) is 198 Å². The van der Waals surface area contributed by atoms with Gasteiger partial charge in [0.1, 0.15) is 61.0 Å². The second-order valence-corrected chi connectivity index (χ2v) is 22.3. The molecule has 366 valence electrons. The Kier molecular flexibility index (Phi) is 13.4. The maximum absolute atomic E-state index is 13.1. The molecule has 3 heterocycles. The van der Waals surface area contributed by atoms with Crippen molar-refractivity contribution in [1.29, 1.82) is 0 Å². The first-order valence-electron chi connectivity index (χ1n) is 23.8. The number of aliphatic hydroxyl groups excluding tert-OH is 9. The molecule has 64 heavy (non-hydrogen) atoms. The number of hydrogen-bond donors (Lipinski definition) is 10. The van der Waals surface area contributed by atoms with Crippen molar-refractivity contribution in [3.8, 4) is 0 Å². The van der Waals surface area contributed by atoms with Gasteiger partial charge in [-0.05, 0) is 124 Å². The summed E-state index contributed by atoms with van der Waals surface area (Å²) in [5.74, 6) is 0.291. The third kappa shape index (κ3) is 7.31. The van der Waals surface area contributed by atoms with Gasteiger partial charge in [0.15, 0.2) is 18.9 Å². The number of fused-ring (bicyclic) bond motifs is 7. The van der Waals surface area contributed by atoms with Crippen LogP contribution in [0.2, 0.25) is 0 Å². The van der Waals surface area contributed by atoms with E-state index in [4.69, 9.17) is 28.4 Å². The SMILES string of the molecule is C=C(C)C1CC[C@]2(C(=O)O)CC[C@]3(C)C(CC[C@@H]4[C@@]5(C)CC[C@H](O[C@@H]6OC[C@H](O[C@@H]7O[C@H](CO)[C@@H](O)[C@H](O)[C@H]7O[C@@H]7O[C@@H](C)[C@H](O)[C@@H](O)[C@H]7O)[C@H](O)[C@H]6O)[C@@](C)(CO)C5CC[C@]43C)C12. The van der Waals surface area contributed by atoms with Crippen molar-refractivity contribution in [1.82, 2.24) is 0 Å². The first kappa shape index (κ1) is 49.0. The molecule has 5 saturated carbocycles. The highest BCUT2D eigenvalue weighted by atomic mass is 16.8. The fraction of sp³-hybridized carbons (Fsp3) is 0.936. The summed E-state index contributed by atoms with van der Waals surface area (Å²) in [5, 5.41) is 108. The molecule has 3 saturated heterocycles. The second-order valence-electron chi connectivity index (χ2n) is 22.3. The number of aliphatic hydroxyl groups is 9. The monoisotopic (exact) mass is 913 g/mol. The molecule has 17 nitrogen and oxygen atoms in total. The standard InChI is InChI=1S/C47H76O17/c1-21(2)23-10-15-47(42(57)58)17-16-45(6)24(30(23)47)8-9-28-43(4)13-12-29(44(5,20-49)27(43)11-14-46(28,45)7)63-39-36(55)33(52)26(19-59-39)62-41-38(35(54)32(51)25(18-48)61-41)64-40-37(56)34(53)31(50)22(3)60-40/h22-41,48-56H,1,8-20H2,2-7H3,(H,57,58)/t22-,23?,24?,25+,26-,27?,28+,29-,30?,31-,32+,33-,34+,35-,36+,37+,38+,39-,40-,41-,43-,44-,45+,46+,47-/m0/s1. The molecule has 8 aliphatic rings. The van der Waals surface area contributed by atoms with E-state index in [1.807, 2.05) is 0 Å². The van der Waals surface area contributed by atoms with Gasteiger partial charge in [0.05, 0.1) is 37.4 Å². The van der Waals surface area contributed by atoms with Gasteiger partial charge < -0.3 is 79.5 Å². The molecular weight excluding hydrogens is 836 g/mol. The molecule has 0 aromatic heterocycles. The zero-order valence-corrected chi connectivity index (χ0v) is 38.3. The fourth-order valence-electron chi connectivity index (χ4n) is 15.7. The van der Waals surface area contributed by atoms with Crippen molar-refractivity contribution in [2.75, 3.05) is 19.8 Å². The van der Waals surface area contributed by atoms with E-state index in [0.29, 0.717) is 25.2 Å². The quantitative estimate of drug-likeness (QED) is 0.109. The Bertz CT molecular complexity index is 1720. The van der Waals surface area contributed by atoms with Crippen LogP contribution < -0.4 is 0 Å². The molecule has 8 fully saturated rings. The molecule has 5 aliphatic carbocycles. The van der Waals surface area contributed by atoms with Gasteiger partial charge in [-0.1, -0.05) is 39.8 Å². The van der Waals surface area contributed by atoms with E-state index >= 15 is 0 Å². The van der Waals surface area contributed by atoms with Crippen LogP contribution in [-0.4, -0.2) is 169 Å². The van der Waals surface area contributed by atoms with Crippen molar-refractivity contribution in [2.24, 2.45) is 56.7 Å².